The van der Waals surface area contributed by atoms with Gasteiger partial charge in [0.2, 0.25) is 0 Å². The quantitative estimate of drug-likeness (QED) is 0.816. The summed E-state index contributed by atoms with van der Waals surface area (Å²) in [5.41, 5.74) is 2.71. The Bertz CT molecular complexity index is 460. The van der Waals surface area contributed by atoms with Crippen LogP contribution < -0.4 is 0 Å². The van der Waals surface area contributed by atoms with Gasteiger partial charge in [-0.05, 0) is 19.9 Å². The van der Waals surface area contributed by atoms with E-state index in [1.54, 1.807) is 13.0 Å². The predicted octanol–water partition coefficient (Wildman–Crippen LogP) is 2.70. The molecule has 1 heterocycles. The number of aromatic nitrogens is 1. The van der Waals surface area contributed by atoms with Crippen LogP contribution in [0.5, 0.6) is 0 Å². The summed E-state index contributed by atoms with van der Waals surface area (Å²) < 4.78 is 5.16. The monoisotopic (exact) mass is 203 g/mol. The van der Waals surface area contributed by atoms with Gasteiger partial charge < -0.3 is 9.63 Å². The number of hydrogen-bond acceptors (Lipinski definition) is 3. The average molecular weight is 203 g/mol. The van der Waals surface area contributed by atoms with E-state index in [1.165, 1.54) is 5.56 Å². The highest BCUT2D eigenvalue weighted by atomic mass is 16.5. The van der Waals surface area contributed by atoms with Gasteiger partial charge in [0, 0.05) is 11.6 Å². The molecule has 1 N–H and O–H groups in total. The second kappa shape index (κ2) is 3.87. The Hall–Kier alpha value is -1.61. The van der Waals surface area contributed by atoms with Gasteiger partial charge in [-0.3, -0.25) is 0 Å². The fourth-order valence-corrected chi connectivity index (χ4v) is 1.42. The number of benzene rings is 1. The molecule has 0 saturated heterocycles. The molecular weight excluding hydrogens is 190 g/mol. The van der Waals surface area contributed by atoms with Crippen molar-refractivity contribution in [2.45, 2.75) is 20.0 Å². The van der Waals surface area contributed by atoms with E-state index in [0.717, 1.165) is 5.56 Å². The maximum Gasteiger partial charge on any atom is 0.167 e. The van der Waals surface area contributed by atoms with Crippen LogP contribution in [-0.4, -0.2) is 10.3 Å². The third-order valence-corrected chi connectivity index (χ3v) is 2.26. The lowest BCUT2D eigenvalue weighted by Crippen LogP contribution is -1.88. The molecule has 0 aliphatic carbocycles. The van der Waals surface area contributed by atoms with Gasteiger partial charge in [0.15, 0.2) is 5.76 Å². The van der Waals surface area contributed by atoms with Crippen molar-refractivity contribution < 1.29 is 9.63 Å². The summed E-state index contributed by atoms with van der Waals surface area (Å²) in [5, 5.41) is 13.1. The molecule has 0 fully saturated rings. The van der Waals surface area contributed by atoms with Crippen molar-refractivity contribution in [1.82, 2.24) is 5.16 Å². The maximum absolute atomic E-state index is 9.32. The van der Waals surface area contributed by atoms with Crippen molar-refractivity contribution in [1.29, 1.82) is 0 Å². The summed E-state index contributed by atoms with van der Waals surface area (Å²) in [7, 11) is 0. The van der Waals surface area contributed by atoms with E-state index in [-0.39, 0.29) is 0 Å². The fourth-order valence-electron chi connectivity index (χ4n) is 1.42. The van der Waals surface area contributed by atoms with Crippen LogP contribution in [0.4, 0.5) is 0 Å². The molecule has 1 aromatic carbocycles. The number of rotatable bonds is 2. The zero-order valence-corrected chi connectivity index (χ0v) is 8.77. The van der Waals surface area contributed by atoms with E-state index in [2.05, 4.69) is 5.16 Å². The Morgan fingerprint density at radius 3 is 2.73 bits per heavy atom. The second-order valence-corrected chi connectivity index (χ2v) is 3.66. The third kappa shape index (κ3) is 2.07. The molecular formula is C12H13NO2. The molecule has 1 atom stereocenters. The fraction of sp³-hybridized carbons (Fsp3) is 0.250. The van der Waals surface area contributed by atoms with Gasteiger partial charge in [-0.25, -0.2) is 0 Å². The van der Waals surface area contributed by atoms with Gasteiger partial charge in [0.1, 0.15) is 5.69 Å². The summed E-state index contributed by atoms with van der Waals surface area (Å²) in [5.74, 6) is 0.689. The Balaban J connectivity index is 2.37. The SMILES string of the molecule is Cc1cccc(-c2cc([C@@H](C)O)no2)c1. The average Bonchev–Trinajstić information content (AvgIpc) is 2.66. The summed E-state index contributed by atoms with van der Waals surface area (Å²) in [6.45, 7) is 3.69. The molecule has 0 amide bonds. The van der Waals surface area contributed by atoms with Gasteiger partial charge in [-0.1, -0.05) is 28.9 Å². The third-order valence-electron chi connectivity index (χ3n) is 2.26. The highest BCUT2D eigenvalue weighted by molar-refractivity contribution is 5.58. The highest BCUT2D eigenvalue weighted by Gasteiger charge is 2.10. The van der Waals surface area contributed by atoms with Crippen LogP contribution in [0.1, 0.15) is 24.3 Å². The summed E-state index contributed by atoms with van der Waals surface area (Å²) in [4.78, 5) is 0. The summed E-state index contributed by atoms with van der Waals surface area (Å²) in [6.07, 6.45) is -0.590. The molecule has 3 heteroatoms. The van der Waals surface area contributed by atoms with E-state index in [1.807, 2.05) is 31.2 Å². The zero-order chi connectivity index (χ0) is 10.8. The van der Waals surface area contributed by atoms with E-state index in [9.17, 15) is 5.11 Å². The molecule has 0 radical (unpaired) electrons. The van der Waals surface area contributed by atoms with Crippen molar-refractivity contribution >= 4 is 0 Å². The molecule has 2 rings (SSSR count). The molecule has 0 unspecified atom stereocenters. The lowest BCUT2D eigenvalue weighted by molar-refractivity contribution is 0.188. The Kier molecular flexibility index (Phi) is 2.56. The van der Waals surface area contributed by atoms with Crippen molar-refractivity contribution in [3.8, 4) is 11.3 Å². The van der Waals surface area contributed by atoms with Gasteiger partial charge in [0.05, 0.1) is 6.10 Å². The minimum atomic E-state index is -0.590. The second-order valence-electron chi connectivity index (χ2n) is 3.66. The van der Waals surface area contributed by atoms with Crippen LogP contribution in [0.3, 0.4) is 0 Å². The van der Waals surface area contributed by atoms with E-state index in [4.69, 9.17) is 4.52 Å². The molecule has 15 heavy (non-hydrogen) atoms. The lowest BCUT2D eigenvalue weighted by Gasteiger charge is -1.96. The number of aliphatic hydroxyl groups excluding tert-OH is 1. The normalized spacial score (nSPS) is 12.7. The van der Waals surface area contributed by atoms with Crippen molar-refractivity contribution in [2.75, 3.05) is 0 Å². The molecule has 1 aromatic heterocycles. The first-order valence-corrected chi connectivity index (χ1v) is 4.88. The molecule has 2 aromatic rings. The summed E-state index contributed by atoms with van der Waals surface area (Å²) >= 11 is 0. The van der Waals surface area contributed by atoms with Gasteiger partial charge in [-0.15, -0.1) is 0 Å². The first-order valence-electron chi connectivity index (χ1n) is 4.88. The van der Waals surface area contributed by atoms with Crippen LogP contribution in [0.25, 0.3) is 11.3 Å². The Labute approximate surface area is 88.3 Å². The van der Waals surface area contributed by atoms with E-state index < -0.39 is 6.10 Å². The van der Waals surface area contributed by atoms with Crippen LogP contribution >= 0.6 is 0 Å². The predicted molar refractivity (Wildman–Crippen MR) is 57.3 cm³/mol. The topological polar surface area (TPSA) is 46.3 Å². The zero-order valence-electron chi connectivity index (χ0n) is 8.77. The number of hydrogen-bond donors (Lipinski definition) is 1. The number of aryl methyl sites for hydroxylation is 1. The van der Waals surface area contributed by atoms with Gasteiger partial charge >= 0.3 is 0 Å². The first-order chi connectivity index (χ1) is 7.16. The largest absolute Gasteiger partial charge is 0.387 e. The smallest absolute Gasteiger partial charge is 0.167 e. The van der Waals surface area contributed by atoms with Crippen LogP contribution in [-0.2, 0) is 0 Å². The minimum Gasteiger partial charge on any atom is -0.387 e. The van der Waals surface area contributed by atoms with Crippen molar-refractivity contribution in [2.24, 2.45) is 0 Å². The molecule has 0 bridgehead atoms. The van der Waals surface area contributed by atoms with Gasteiger partial charge in [0.25, 0.3) is 0 Å². The molecule has 0 aliphatic heterocycles. The van der Waals surface area contributed by atoms with Crippen LogP contribution in [0, 0.1) is 6.92 Å². The van der Waals surface area contributed by atoms with E-state index >= 15 is 0 Å². The molecule has 0 saturated carbocycles. The van der Waals surface area contributed by atoms with Crippen LogP contribution in [0.2, 0.25) is 0 Å². The Morgan fingerprint density at radius 2 is 2.13 bits per heavy atom. The molecule has 3 nitrogen and oxygen atoms in total. The molecule has 0 aliphatic rings. The standard InChI is InChI=1S/C12H13NO2/c1-8-4-3-5-10(6-8)12-7-11(9(2)14)13-15-12/h3-7,9,14H,1-2H3/t9-/m1/s1. The molecule has 78 valence electrons. The number of aliphatic hydroxyl groups is 1. The Morgan fingerprint density at radius 1 is 1.33 bits per heavy atom. The van der Waals surface area contributed by atoms with Crippen LogP contribution in [0.15, 0.2) is 34.9 Å². The minimum absolute atomic E-state index is 0.562. The molecule has 0 spiro atoms. The van der Waals surface area contributed by atoms with E-state index in [0.29, 0.717) is 11.5 Å². The lowest BCUT2D eigenvalue weighted by atomic mass is 10.1. The number of nitrogens with zero attached hydrogens (tertiary/aromatic N) is 1. The van der Waals surface area contributed by atoms with Crippen molar-refractivity contribution in [3.63, 3.8) is 0 Å². The maximum atomic E-state index is 9.32. The summed E-state index contributed by atoms with van der Waals surface area (Å²) in [6, 6.07) is 9.73. The van der Waals surface area contributed by atoms with Gasteiger partial charge in [-0.2, -0.15) is 0 Å². The highest BCUT2D eigenvalue weighted by Crippen LogP contribution is 2.23. The van der Waals surface area contributed by atoms with Crippen molar-refractivity contribution in [3.05, 3.63) is 41.6 Å². The first kappa shape index (κ1) is 9.93.